The minimum atomic E-state index is -3.25. The van der Waals surface area contributed by atoms with Gasteiger partial charge in [0.1, 0.15) is 17.5 Å². The molecular weight excluding hydrogens is 292 g/mol. The number of methoxy groups -OCH3 is 3. The van der Waals surface area contributed by atoms with Gasteiger partial charge in [-0.05, 0) is 12.9 Å². The third-order valence-corrected chi connectivity index (χ3v) is 3.38. The van der Waals surface area contributed by atoms with E-state index in [4.69, 9.17) is 16.3 Å². The van der Waals surface area contributed by atoms with Crippen LogP contribution in [0.1, 0.15) is 20.1 Å². The van der Waals surface area contributed by atoms with Crippen molar-refractivity contribution in [2.75, 3.05) is 27.9 Å². The summed E-state index contributed by atoms with van der Waals surface area (Å²) in [6.45, 7) is -3.66. The smallest absolute Gasteiger partial charge is 0.338 e. The van der Waals surface area contributed by atoms with Gasteiger partial charge in [-0.15, -0.1) is 0 Å². The number of fused-ring (bicyclic) bond motifs is 1. The fourth-order valence-electron chi connectivity index (χ4n) is 2.43. The normalized spacial score (nSPS) is 30.6. The van der Waals surface area contributed by atoms with E-state index in [9.17, 15) is 14.4 Å². The summed E-state index contributed by atoms with van der Waals surface area (Å²) in [6.07, 6.45) is -3.08. The summed E-state index contributed by atoms with van der Waals surface area (Å²) in [6, 6.07) is 0. The lowest BCUT2D eigenvalue weighted by Crippen LogP contribution is -2.32. The van der Waals surface area contributed by atoms with Gasteiger partial charge in [-0.25, -0.2) is 9.59 Å². The van der Waals surface area contributed by atoms with Crippen molar-refractivity contribution in [1.82, 2.24) is 0 Å². The Hall–Kier alpha value is -1.99. The van der Waals surface area contributed by atoms with Gasteiger partial charge < -0.3 is 18.9 Å². The average molecular weight is 315 g/mol. The minimum Gasteiger partial charge on any atom is -0.465 e. The Labute approximate surface area is 134 Å². The maximum absolute atomic E-state index is 12.3. The second-order valence-electron chi connectivity index (χ2n) is 4.58. The van der Waals surface area contributed by atoms with E-state index in [-0.39, 0.29) is 16.7 Å². The van der Waals surface area contributed by atoms with Crippen LogP contribution in [0, 0.1) is 0 Å². The number of Topliss-reactive ketones (excluding diaryl/α,β-unsaturated/α-hetero) is 1. The van der Waals surface area contributed by atoms with Crippen molar-refractivity contribution in [2.45, 2.75) is 24.9 Å². The van der Waals surface area contributed by atoms with E-state index in [1.807, 2.05) is 0 Å². The van der Waals surface area contributed by atoms with Gasteiger partial charge in [-0.1, -0.05) is 0 Å². The van der Waals surface area contributed by atoms with E-state index in [0.717, 1.165) is 20.3 Å². The standard InChI is InChI=1S/C15H18O7/c1-8(16)6-15-10(7-19-2)12(14(18)21-4)9(13(17)20-3)5-11(15)22-15/h5,11H,6-7H2,1-4H3/i1D3,6D2. The van der Waals surface area contributed by atoms with Crippen LogP contribution in [0.2, 0.25) is 0 Å². The number of rotatable bonds is 6. The number of carbonyl (C=O) groups excluding carboxylic acids is 3. The first-order valence-corrected chi connectivity index (χ1v) is 6.24. The second-order valence-corrected chi connectivity index (χ2v) is 4.58. The summed E-state index contributed by atoms with van der Waals surface area (Å²) in [4.78, 5) is 36.7. The molecular formula is C15H18O7. The molecule has 0 radical (unpaired) electrons. The molecule has 7 heteroatoms. The van der Waals surface area contributed by atoms with Gasteiger partial charge in [-0.2, -0.15) is 0 Å². The highest BCUT2D eigenvalue weighted by atomic mass is 16.6. The summed E-state index contributed by atoms with van der Waals surface area (Å²) in [5.41, 5.74) is -2.93. The van der Waals surface area contributed by atoms with Gasteiger partial charge in [0.05, 0.1) is 32.0 Å². The molecule has 120 valence electrons. The fraction of sp³-hybridized carbons (Fsp3) is 0.533. The molecule has 0 amide bonds. The molecule has 1 fully saturated rings. The highest BCUT2D eigenvalue weighted by Crippen LogP contribution is 2.52. The molecule has 0 aromatic rings. The molecule has 2 rings (SSSR count). The molecule has 0 saturated carbocycles. The largest absolute Gasteiger partial charge is 0.465 e. The molecule has 22 heavy (non-hydrogen) atoms. The van der Waals surface area contributed by atoms with Crippen LogP contribution in [0.5, 0.6) is 0 Å². The zero-order valence-corrected chi connectivity index (χ0v) is 12.2. The number of hydrogen-bond donors (Lipinski definition) is 0. The van der Waals surface area contributed by atoms with E-state index in [1.54, 1.807) is 0 Å². The number of ether oxygens (including phenoxy) is 4. The number of ketones is 1. The van der Waals surface area contributed by atoms with Crippen LogP contribution in [0.25, 0.3) is 0 Å². The molecule has 2 atom stereocenters. The van der Waals surface area contributed by atoms with Crippen molar-refractivity contribution in [1.29, 1.82) is 0 Å². The summed E-state index contributed by atoms with van der Waals surface area (Å²) in [7, 11) is 3.37. The lowest BCUT2D eigenvalue weighted by molar-refractivity contribution is -0.139. The van der Waals surface area contributed by atoms with Gasteiger partial charge in [0.15, 0.2) is 0 Å². The Morgan fingerprint density at radius 1 is 1.32 bits per heavy atom. The van der Waals surface area contributed by atoms with Crippen LogP contribution >= 0.6 is 0 Å². The van der Waals surface area contributed by atoms with Crippen molar-refractivity contribution < 1.29 is 40.2 Å². The first-order chi connectivity index (χ1) is 12.4. The van der Waals surface area contributed by atoms with E-state index >= 15 is 0 Å². The second kappa shape index (κ2) is 6.02. The minimum absolute atomic E-state index is 0.202. The van der Waals surface area contributed by atoms with Gasteiger partial charge >= 0.3 is 11.9 Å². The van der Waals surface area contributed by atoms with Crippen molar-refractivity contribution in [3.8, 4) is 0 Å². The summed E-state index contributed by atoms with van der Waals surface area (Å²) >= 11 is 0. The van der Waals surface area contributed by atoms with Crippen molar-refractivity contribution in [3.63, 3.8) is 0 Å². The molecule has 2 unspecified atom stereocenters. The molecule has 1 aliphatic carbocycles. The SMILES string of the molecule is [2H]C([2H])([2H])C(=O)C([2H])([2H])C12OC1C=C(C(=O)OC)C(C(=O)OC)=C2COC. The van der Waals surface area contributed by atoms with Crippen LogP contribution in [0.3, 0.4) is 0 Å². The van der Waals surface area contributed by atoms with E-state index in [2.05, 4.69) is 9.47 Å². The Kier molecular flexibility index (Phi) is 2.92. The molecule has 1 aliphatic heterocycles. The first-order valence-electron chi connectivity index (χ1n) is 8.74. The third kappa shape index (κ3) is 2.57. The van der Waals surface area contributed by atoms with Crippen molar-refractivity contribution in [2.24, 2.45) is 0 Å². The summed E-state index contributed by atoms with van der Waals surface area (Å²) in [5, 5.41) is 0. The number of esters is 2. The zero-order chi connectivity index (χ0) is 20.8. The lowest BCUT2D eigenvalue weighted by Gasteiger charge is -2.23. The Bertz CT molecular complexity index is 752. The van der Waals surface area contributed by atoms with Crippen molar-refractivity contribution in [3.05, 3.63) is 22.8 Å². The topological polar surface area (TPSA) is 91.4 Å². The van der Waals surface area contributed by atoms with Gasteiger partial charge in [0, 0.05) is 25.9 Å². The maximum Gasteiger partial charge on any atom is 0.338 e. The summed E-state index contributed by atoms with van der Waals surface area (Å²) < 4.78 is 57.8. The summed E-state index contributed by atoms with van der Waals surface area (Å²) in [5.74, 6) is -3.61. The molecule has 2 aliphatic rings. The van der Waals surface area contributed by atoms with E-state index in [0.29, 0.717) is 0 Å². The molecule has 7 nitrogen and oxygen atoms in total. The number of epoxide rings is 1. The van der Waals surface area contributed by atoms with Crippen molar-refractivity contribution >= 4 is 17.7 Å². The zero-order valence-electron chi connectivity index (χ0n) is 17.2. The average Bonchev–Trinajstić information content (AvgIpc) is 3.35. The van der Waals surface area contributed by atoms with Gasteiger partial charge in [0.25, 0.3) is 0 Å². The van der Waals surface area contributed by atoms with Gasteiger partial charge in [0.2, 0.25) is 0 Å². The van der Waals surface area contributed by atoms with Crippen LogP contribution < -0.4 is 0 Å². The van der Waals surface area contributed by atoms with E-state index in [1.165, 1.54) is 7.11 Å². The monoisotopic (exact) mass is 315 g/mol. The Morgan fingerprint density at radius 3 is 2.55 bits per heavy atom. The number of carbonyl (C=O) groups is 3. The predicted octanol–water partition coefficient (Wildman–Crippen LogP) is 0.332. The highest BCUT2D eigenvalue weighted by Gasteiger charge is 2.62. The van der Waals surface area contributed by atoms with Crippen LogP contribution in [0.4, 0.5) is 0 Å². The highest BCUT2D eigenvalue weighted by molar-refractivity contribution is 6.09. The Morgan fingerprint density at radius 2 is 2.00 bits per heavy atom. The molecule has 1 heterocycles. The van der Waals surface area contributed by atoms with E-state index < -0.39 is 49.3 Å². The molecule has 0 N–H and O–H groups in total. The van der Waals surface area contributed by atoms with Crippen LogP contribution in [0.15, 0.2) is 22.8 Å². The fourth-order valence-corrected chi connectivity index (χ4v) is 2.43. The molecule has 0 bridgehead atoms. The third-order valence-electron chi connectivity index (χ3n) is 3.38. The number of hydrogen-bond acceptors (Lipinski definition) is 7. The quantitative estimate of drug-likeness (QED) is 0.515. The Balaban J connectivity index is 2.72. The van der Waals surface area contributed by atoms with Crippen LogP contribution in [-0.2, 0) is 33.3 Å². The molecule has 0 aromatic carbocycles. The maximum atomic E-state index is 12.3. The molecule has 0 spiro atoms. The van der Waals surface area contributed by atoms with Gasteiger partial charge in [-0.3, -0.25) is 4.79 Å². The lowest BCUT2D eigenvalue weighted by atomic mass is 9.80. The molecule has 0 aromatic heterocycles. The van der Waals surface area contributed by atoms with Crippen LogP contribution in [-0.4, -0.2) is 57.4 Å². The predicted molar refractivity (Wildman–Crippen MR) is 73.9 cm³/mol. The molecule has 1 saturated heterocycles. The first kappa shape index (κ1) is 10.7.